The van der Waals surface area contributed by atoms with Gasteiger partial charge in [-0.1, -0.05) is 19.9 Å². The number of aliphatic hydroxyl groups excluding tert-OH is 1. The summed E-state index contributed by atoms with van der Waals surface area (Å²) in [5.41, 5.74) is 0. The van der Waals surface area contributed by atoms with Crippen LogP contribution >= 0.6 is 11.3 Å². The van der Waals surface area contributed by atoms with Gasteiger partial charge in [-0.15, -0.1) is 11.3 Å². The number of aryl methyl sites for hydroxylation is 1. The fourth-order valence-corrected chi connectivity index (χ4v) is 0.890. The van der Waals surface area contributed by atoms with Crippen LogP contribution in [0, 0.1) is 6.92 Å². The molecule has 0 saturated heterocycles. The van der Waals surface area contributed by atoms with Gasteiger partial charge < -0.3 is 9.90 Å². The minimum Gasteiger partial charge on any atom is -0.400 e. The fraction of sp³-hybridized carbons (Fsp3) is 0.444. The SMILES string of the molecule is C=O.CC.CO.Cc1cccs1. The molecule has 0 radical (unpaired) electrons. The molecule has 0 amide bonds. The van der Waals surface area contributed by atoms with Crippen LogP contribution in [-0.2, 0) is 4.79 Å². The van der Waals surface area contributed by atoms with Crippen molar-refractivity contribution in [1.29, 1.82) is 0 Å². The van der Waals surface area contributed by atoms with Gasteiger partial charge in [-0.3, -0.25) is 0 Å². The van der Waals surface area contributed by atoms with Crippen LogP contribution in [0.25, 0.3) is 0 Å². The van der Waals surface area contributed by atoms with Gasteiger partial charge in [-0.05, 0) is 18.4 Å². The monoisotopic (exact) mass is 190 g/mol. The average molecular weight is 190 g/mol. The first-order chi connectivity index (χ1) is 5.89. The molecule has 1 heterocycles. The van der Waals surface area contributed by atoms with Crippen LogP contribution in [0.2, 0.25) is 0 Å². The van der Waals surface area contributed by atoms with Crippen molar-refractivity contribution in [2.24, 2.45) is 0 Å². The predicted molar refractivity (Wildman–Crippen MR) is 55.7 cm³/mol. The Morgan fingerprint density at radius 2 is 1.75 bits per heavy atom. The first kappa shape index (κ1) is 17.4. The molecule has 0 aliphatic carbocycles. The van der Waals surface area contributed by atoms with E-state index in [1.165, 1.54) is 4.88 Å². The van der Waals surface area contributed by atoms with Crippen LogP contribution in [0.3, 0.4) is 0 Å². The Hall–Kier alpha value is -0.670. The van der Waals surface area contributed by atoms with E-state index in [4.69, 9.17) is 9.90 Å². The van der Waals surface area contributed by atoms with E-state index in [1.54, 1.807) is 11.3 Å². The van der Waals surface area contributed by atoms with Crippen molar-refractivity contribution in [3.05, 3.63) is 22.4 Å². The highest BCUT2D eigenvalue weighted by atomic mass is 32.1. The van der Waals surface area contributed by atoms with Gasteiger partial charge in [0.05, 0.1) is 0 Å². The third-order valence-corrected chi connectivity index (χ3v) is 1.46. The van der Waals surface area contributed by atoms with Gasteiger partial charge in [0, 0.05) is 12.0 Å². The molecule has 1 aromatic heterocycles. The zero-order chi connectivity index (χ0) is 10.4. The lowest BCUT2D eigenvalue weighted by Crippen LogP contribution is -1.42. The molecule has 0 saturated carbocycles. The second-order valence-electron chi connectivity index (χ2n) is 1.22. The van der Waals surface area contributed by atoms with Gasteiger partial charge in [0.2, 0.25) is 0 Å². The van der Waals surface area contributed by atoms with E-state index in [0.29, 0.717) is 0 Å². The molecule has 3 heteroatoms. The standard InChI is InChI=1S/C5H6S.C2H6.CH4O.CH2O/c1-5-3-2-4-6-5;3*1-2/h2-4H,1H3;1-2H3;2H,1H3;1H2. The number of carbonyl (C=O) groups is 1. The molecule has 0 fully saturated rings. The number of carbonyl (C=O) groups excluding carboxylic acids is 1. The van der Waals surface area contributed by atoms with Gasteiger partial charge in [0.15, 0.2) is 0 Å². The molecule has 1 rings (SSSR count). The third kappa shape index (κ3) is 16.2. The molecule has 0 spiro atoms. The van der Waals surface area contributed by atoms with Crippen molar-refractivity contribution in [3.63, 3.8) is 0 Å². The smallest absolute Gasteiger partial charge is 0.106 e. The molecule has 0 aromatic carbocycles. The molecule has 0 bridgehead atoms. The molecule has 72 valence electrons. The zero-order valence-corrected chi connectivity index (χ0v) is 9.02. The molecule has 0 aliphatic rings. The van der Waals surface area contributed by atoms with Crippen LogP contribution in [0.15, 0.2) is 17.5 Å². The Balaban J connectivity index is -0.000000117. The van der Waals surface area contributed by atoms with Crippen LogP contribution in [0.5, 0.6) is 0 Å². The molecule has 2 nitrogen and oxygen atoms in total. The van der Waals surface area contributed by atoms with E-state index in [0.717, 1.165) is 7.11 Å². The number of rotatable bonds is 0. The maximum atomic E-state index is 8.00. The van der Waals surface area contributed by atoms with Crippen molar-refractivity contribution in [2.45, 2.75) is 20.8 Å². The Labute approximate surface area is 78.9 Å². The van der Waals surface area contributed by atoms with Crippen molar-refractivity contribution in [3.8, 4) is 0 Å². The van der Waals surface area contributed by atoms with Gasteiger partial charge in [-0.2, -0.15) is 0 Å². The quantitative estimate of drug-likeness (QED) is 0.682. The Bertz CT molecular complexity index is 127. The summed E-state index contributed by atoms with van der Waals surface area (Å²) in [7, 11) is 1.00. The Morgan fingerprint density at radius 1 is 1.33 bits per heavy atom. The van der Waals surface area contributed by atoms with E-state index in [9.17, 15) is 0 Å². The molecule has 0 aliphatic heterocycles. The summed E-state index contributed by atoms with van der Waals surface area (Å²) in [4.78, 5) is 9.38. The first-order valence-corrected chi connectivity index (χ1v) is 4.51. The van der Waals surface area contributed by atoms with E-state index in [1.807, 2.05) is 20.6 Å². The van der Waals surface area contributed by atoms with Gasteiger partial charge in [0.1, 0.15) is 6.79 Å². The average Bonchev–Trinajstić information content (AvgIpc) is 2.66. The van der Waals surface area contributed by atoms with Crippen molar-refractivity contribution >= 4 is 18.1 Å². The second-order valence-corrected chi connectivity index (χ2v) is 2.38. The van der Waals surface area contributed by atoms with E-state index < -0.39 is 0 Å². The summed E-state index contributed by atoms with van der Waals surface area (Å²) in [5, 5.41) is 9.08. The van der Waals surface area contributed by atoms with E-state index in [-0.39, 0.29) is 0 Å². The summed E-state index contributed by atoms with van der Waals surface area (Å²) < 4.78 is 0. The first-order valence-electron chi connectivity index (χ1n) is 3.63. The lowest BCUT2D eigenvalue weighted by atomic mass is 10.5. The topological polar surface area (TPSA) is 37.3 Å². The molecule has 0 atom stereocenters. The van der Waals surface area contributed by atoms with Gasteiger partial charge in [0.25, 0.3) is 0 Å². The zero-order valence-electron chi connectivity index (χ0n) is 8.20. The van der Waals surface area contributed by atoms with Gasteiger partial charge >= 0.3 is 0 Å². The molecular weight excluding hydrogens is 172 g/mol. The maximum absolute atomic E-state index is 8.00. The van der Waals surface area contributed by atoms with Crippen molar-refractivity contribution in [1.82, 2.24) is 0 Å². The molecule has 1 aromatic rings. The summed E-state index contributed by atoms with van der Waals surface area (Å²) >= 11 is 1.78. The summed E-state index contributed by atoms with van der Waals surface area (Å²) in [6.45, 7) is 8.10. The largest absolute Gasteiger partial charge is 0.400 e. The lowest BCUT2D eigenvalue weighted by molar-refractivity contribution is -0.0979. The van der Waals surface area contributed by atoms with Crippen molar-refractivity contribution in [2.75, 3.05) is 7.11 Å². The Kier molecular flexibility index (Phi) is 32.6. The summed E-state index contributed by atoms with van der Waals surface area (Å²) in [6.07, 6.45) is 0. The van der Waals surface area contributed by atoms with Crippen LogP contribution in [-0.4, -0.2) is 19.0 Å². The normalized spacial score (nSPS) is 5.75. The van der Waals surface area contributed by atoms with Crippen LogP contribution in [0.4, 0.5) is 0 Å². The Morgan fingerprint density at radius 3 is 1.83 bits per heavy atom. The van der Waals surface area contributed by atoms with Crippen LogP contribution in [0.1, 0.15) is 18.7 Å². The molecule has 12 heavy (non-hydrogen) atoms. The maximum Gasteiger partial charge on any atom is 0.106 e. The highest BCUT2D eigenvalue weighted by Gasteiger charge is 1.74. The lowest BCUT2D eigenvalue weighted by Gasteiger charge is -1.65. The highest BCUT2D eigenvalue weighted by Crippen LogP contribution is 2.03. The predicted octanol–water partition coefficient (Wildman–Crippen LogP) is 2.51. The number of hydrogen-bond donors (Lipinski definition) is 1. The number of aliphatic hydroxyl groups is 1. The van der Waals surface area contributed by atoms with Gasteiger partial charge in [-0.25, -0.2) is 0 Å². The summed E-state index contributed by atoms with van der Waals surface area (Å²) in [5.74, 6) is 0. The highest BCUT2D eigenvalue weighted by molar-refractivity contribution is 7.09. The summed E-state index contributed by atoms with van der Waals surface area (Å²) in [6, 6.07) is 4.16. The third-order valence-electron chi connectivity index (χ3n) is 0.663. The molecule has 0 unspecified atom stereocenters. The van der Waals surface area contributed by atoms with Crippen LogP contribution < -0.4 is 0 Å². The number of hydrogen-bond acceptors (Lipinski definition) is 3. The fourth-order valence-electron chi connectivity index (χ4n) is 0.361. The van der Waals surface area contributed by atoms with E-state index >= 15 is 0 Å². The second kappa shape index (κ2) is 22.4. The molecular formula is C9H18O2S. The van der Waals surface area contributed by atoms with Crippen molar-refractivity contribution < 1.29 is 9.90 Å². The number of thiophene rings is 1. The minimum absolute atomic E-state index is 1.00. The minimum atomic E-state index is 1.00. The van der Waals surface area contributed by atoms with E-state index in [2.05, 4.69) is 24.4 Å². The molecule has 1 N–H and O–H groups in total.